The number of amides is 1. The number of aromatic nitrogens is 2. The third-order valence-electron chi connectivity index (χ3n) is 7.24. The number of ether oxygens (including phenoxy) is 1. The van der Waals surface area contributed by atoms with Gasteiger partial charge in [-0.2, -0.15) is 5.10 Å². The monoisotopic (exact) mass is 580 g/mol. The third kappa shape index (κ3) is 4.80. The molecule has 1 amide bonds. The van der Waals surface area contributed by atoms with Gasteiger partial charge in [0.15, 0.2) is 5.69 Å². The van der Waals surface area contributed by atoms with Crippen LogP contribution in [0.1, 0.15) is 49.2 Å². The molecule has 0 radical (unpaired) electrons. The minimum atomic E-state index is -0.868. The van der Waals surface area contributed by atoms with Gasteiger partial charge >= 0.3 is 0 Å². The second-order valence-corrected chi connectivity index (χ2v) is 11.6. The maximum Gasteiger partial charge on any atom is 0.286 e. The lowest BCUT2D eigenvalue weighted by Crippen LogP contribution is -2.46. The normalized spacial score (nSPS) is 16.2. The average molecular weight is 582 g/mol. The number of hydrazine groups is 1. The molecule has 1 saturated heterocycles. The second-order valence-electron chi connectivity index (χ2n) is 10.4. The van der Waals surface area contributed by atoms with Crippen LogP contribution in [0.4, 0.5) is 0 Å². The summed E-state index contributed by atoms with van der Waals surface area (Å²) in [5.41, 5.74) is 7.20. The first-order chi connectivity index (χ1) is 18.7. The van der Waals surface area contributed by atoms with Gasteiger partial charge < -0.3 is 4.74 Å². The van der Waals surface area contributed by atoms with Crippen molar-refractivity contribution in [2.75, 3.05) is 13.1 Å². The summed E-state index contributed by atoms with van der Waals surface area (Å²) in [6.07, 6.45) is 3.26. The van der Waals surface area contributed by atoms with Crippen molar-refractivity contribution in [2.24, 2.45) is 0 Å². The highest BCUT2D eigenvalue weighted by molar-refractivity contribution is 6.35. The van der Waals surface area contributed by atoms with Crippen molar-refractivity contribution in [1.82, 2.24) is 20.2 Å². The Morgan fingerprint density at radius 3 is 2.44 bits per heavy atom. The van der Waals surface area contributed by atoms with Gasteiger partial charge in [-0.05, 0) is 68.7 Å². The van der Waals surface area contributed by atoms with E-state index in [1.165, 1.54) is 6.42 Å². The Balaban J connectivity index is 1.54. The summed E-state index contributed by atoms with van der Waals surface area (Å²) < 4.78 is 8.32. The number of rotatable bonds is 4. The molecule has 0 aliphatic carbocycles. The van der Waals surface area contributed by atoms with Crippen LogP contribution in [0, 0.1) is 0 Å². The van der Waals surface area contributed by atoms with Gasteiger partial charge in [0.25, 0.3) is 5.91 Å². The highest BCUT2D eigenvalue weighted by Gasteiger charge is 2.42. The van der Waals surface area contributed by atoms with E-state index in [2.05, 4.69) is 5.43 Å². The molecule has 0 bridgehead atoms. The van der Waals surface area contributed by atoms with Crippen molar-refractivity contribution < 1.29 is 9.53 Å². The lowest BCUT2D eigenvalue weighted by molar-refractivity contribution is 0.0720. The zero-order chi connectivity index (χ0) is 27.3. The summed E-state index contributed by atoms with van der Waals surface area (Å²) in [5.74, 6) is 0.393. The van der Waals surface area contributed by atoms with E-state index in [0.717, 1.165) is 48.3 Å². The van der Waals surface area contributed by atoms with Crippen LogP contribution < -0.4 is 10.2 Å². The van der Waals surface area contributed by atoms with E-state index < -0.39 is 5.60 Å². The fraction of sp³-hybridized carbons (Fsp3) is 0.267. The van der Waals surface area contributed by atoms with E-state index in [1.54, 1.807) is 16.8 Å². The molecule has 0 atom stereocenters. The minimum absolute atomic E-state index is 0.273. The first-order valence-corrected chi connectivity index (χ1v) is 14.1. The number of nitrogens with one attached hydrogen (secondary N) is 1. The smallest absolute Gasteiger partial charge is 0.286 e. The van der Waals surface area contributed by atoms with Gasteiger partial charge in [-0.15, -0.1) is 0 Å². The van der Waals surface area contributed by atoms with E-state index in [0.29, 0.717) is 37.8 Å². The molecule has 6 rings (SSSR count). The van der Waals surface area contributed by atoms with E-state index in [-0.39, 0.29) is 5.91 Å². The van der Waals surface area contributed by atoms with E-state index in [1.807, 2.05) is 67.4 Å². The van der Waals surface area contributed by atoms with Gasteiger partial charge in [-0.25, -0.2) is 9.69 Å². The Morgan fingerprint density at radius 2 is 1.69 bits per heavy atom. The van der Waals surface area contributed by atoms with Gasteiger partial charge in [0, 0.05) is 34.3 Å². The standard InChI is InChI=1S/C30H27Cl3N4O2/c1-30(2)26-27(29(38)35-36-14-6-3-7-15-36)34-37(24-13-11-19(31)17-23(24)33)28(26)21-12-10-18(16-25(21)39-30)20-8-4-5-9-22(20)32/h4-5,8-13,16-17H,3,6-7,14-15H2,1-2H3,(H,35,38). The summed E-state index contributed by atoms with van der Waals surface area (Å²) in [6.45, 7) is 5.52. The molecule has 39 heavy (non-hydrogen) atoms. The van der Waals surface area contributed by atoms with Gasteiger partial charge in [-0.1, -0.05) is 65.5 Å². The van der Waals surface area contributed by atoms with Crippen LogP contribution in [-0.2, 0) is 5.60 Å². The molecule has 0 spiro atoms. The minimum Gasteiger partial charge on any atom is -0.482 e. The molecule has 9 heteroatoms. The molecule has 4 aromatic rings. The molecule has 2 aliphatic rings. The van der Waals surface area contributed by atoms with Crippen LogP contribution in [-0.4, -0.2) is 33.8 Å². The molecule has 0 saturated carbocycles. The van der Waals surface area contributed by atoms with E-state index >= 15 is 0 Å². The molecule has 1 N–H and O–H groups in total. The maximum absolute atomic E-state index is 13.7. The fourth-order valence-electron chi connectivity index (χ4n) is 5.42. The Labute approximate surface area is 242 Å². The number of fused-ring (bicyclic) bond motifs is 3. The summed E-state index contributed by atoms with van der Waals surface area (Å²) in [5, 5.41) is 8.42. The topological polar surface area (TPSA) is 59.4 Å². The van der Waals surface area contributed by atoms with Crippen LogP contribution in [0.25, 0.3) is 28.1 Å². The van der Waals surface area contributed by atoms with E-state index in [4.69, 9.17) is 44.6 Å². The number of carbonyl (C=O) groups is 1. The van der Waals surface area contributed by atoms with Gasteiger partial charge in [-0.3, -0.25) is 10.2 Å². The summed E-state index contributed by atoms with van der Waals surface area (Å²) in [6, 6.07) is 18.9. The highest BCUT2D eigenvalue weighted by atomic mass is 35.5. The number of nitrogens with zero attached hydrogens (tertiary/aromatic N) is 3. The number of carbonyl (C=O) groups excluding carboxylic acids is 1. The maximum atomic E-state index is 13.7. The number of hydrogen-bond donors (Lipinski definition) is 1. The number of benzene rings is 3. The first kappa shape index (κ1) is 26.2. The quantitative estimate of drug-likeness (QED) is 0.266. The SMILES string of the molecule is CC1(C)Oc2cc(-c3ccccc3Cl)ccc2-c2c1c(C(=O)NN1CCCCC1)nn2-c1ccc(Cl)cc1Cl. The van der Waals surface area contributed by atoms with Gasteiger partial charge in [0.2, 0.25) is 0 Å². The predicted molar refractivity (Wildman–Crippen MR) is 156 cm³/mol. The van der Waals surface area contributed by atoms with Crippen molar-refractivity contribution in [3.63, 3.8) is 0 Å². The summed E-state index contributed by atoms with van der Waals surface area (Å²) in [7, 11) is 0. The zero-order valence-corrected chi connectivity index (χ0v) is 23.9. The first-order valence-electron chi connectivity index (χ1n) is 13.0. The van der Waals surface area contributed by atoms with Crippen molar-refractivity contribution in [2.45, 2.75) is 38.7 Å². The Morgan fingerprint density at radius 1 is 0.923 bits per heavy atom. The van der Waals surface area contributed by atoms with Crippen LogP contribution in [0.2, 0.25) is 15.1 Å². The Kier molecular flexibility index (Phi) is 6.84. The molecular formula is C30H27Cl3N4O2. The molecule has 2 aliphatic heterocycles. The summed E-state index contributed by atoms with van der Waals surface area (Å²) >= 11 is 19.4. The molecule has 3 aromatic carbocycles. The highest BCUT2D eigenvalue weighted by Crippen LogP contribution is 2.49. The van der Waals surface area contributed by atoms with Gasteiger partial charge in [0.1, 0.15) is 11.4 Å². The average Bonchev–Trinajstić information content (AvgIpc) is 3.31. The van der Waals surface area contributed by atoms with Crippen LogP contribution >= 0.6 is 34.8 Å². The Bertz CT molecular complexity index is 1590. The molecule has 6 nitrogen and oxygen atoms in total. The molecule has 1 aromatic heterocycles. The van der Waals surface area contributed by atoms with Gasteiger partial charge in [0.05, 0.1) is 22.0 Å². The Hall–Kier alpha value is -3.03. The molecule has 200 valence electrons. The number of piperidine rings is 1. The molecular weight excluding hydrogens is 555 g/mol. The largest absolute Gasteiger partial charge is 0.482 e. The lowest BCUT2D eigenvalue weighted by atomic mass is 9.88. The summed E-state index contributed by atoms with van der Waals surface area (Å²) in [4.78, 5) is 13.7. The third-order valence-corrected chi connectivity index (χ3v) is 8.11. The van der Waals surface area contributed by atoms with Crippen molar-refractivity contribution in [3.05, 3.63) is 87.0 Å². The van der Waals surface area contributed by atoms with Crippen molar-refractivity contribution in [1.29, 1.82) is 0 Å². The van der Waals surface area contributed by atoms with E-state index in [9.17, 15) is 4.79 Å². The predicted octanol–water partition coefficient (Wildman–Crippen LogP) is 7.92. The van der Waals surface area contributed by atoms with Crippen LogP contribution in [0.3, 0.4) is 0 Å². The number of hydrogen-bond acceptors (Lipinski definition) is 4. The molecule has 3 heterocycles. The number of halogens is 3. The molecule has 1 fully saturated rings. The second kappa shape index (κ2) is 10.2. The van der Waals surface area contributed by atoms with Crippen molar-refractivity contribution in [3.8, 4) is 33.8 Å². The van der Waals surface area contributed by atoms with Crippen molar-refractivity contribution >= 4 is 40.7 Å². The van der Waals surface area contributed by atoms with Crippen LogP contribution in [0.5, 0.6) is 5.75 Å². The lowest BCUT2D eigenvalue weighted by Gasteiger charge is -2.34. The zero-order valence-electron chi connectivity index (χ0n) is 21.6. The van der Waals surface area contributed by atoms with Crippen LogP contribution in [0.15, 0.2) is 60.7 Å². The fourth-order valence-corrected chi connectivity index (χ4v) is 6.15. The molecule has 0 unspecified atom stereocenters.